The molecule has 0 saturated carbocycles. The average molecular weight is 415 g/mol. The van der Waals surface area contributed by atoms with Crippen LogP contribution in [0.3, 0.4) is 0 Å². The third kappa shape index (κ3) is 5.79. The Hall–Kier alpha value is -1.91. The van der Waals surface area contributed by atoms with Gasteiger partial charge in [-0.2, -0.15) is 0 Å². The maximum Gasteiger partial charge on any atom is 0.356 e. The predicted octanol–water partition coefficient (Wildman–Crippen LogP) is 1.82. The van der Waals surface area contributed by atoms with Crippen LogP contribution < -0.4 is 5.73 Å². The standard InChI is InChI=1S/C16H26N5O6P/c1-10(2)26-28(24,27-11(3)4)9-25-12(6-22)5-13(23)21-8-20-14-15(17)18-7-19-16(14)21/h7-8,10-12,22H,5-6,9H2,1-4H3,(H2,17,18,19)/t12-/m1/s1. The molecular formula is C16H26N5O6P. The largest absolute Gasteiger partial charge is 0.394 e. The van der Waals surface area contributed by atoms with Crippen LogP contribution in [0.2, 0.25) is 0 Å². The van der Waals surface area contributed by atoms with E-state index in [0.29, 0.717) is 5.52 Å². The summed E-state index contributed by atoms with van der Waals surface area (Å²) < 4.78 is 30.3. The number of aliphatic hydroxyl groups is 1. The minimum atomic E-state index is -3.55. The normalized spacial score (nSPS) is 13.5. The number of ether oxygens (including phenoxy) is 1. The van der Waals surface area contributed by atoms with E-state index >= 15 is 0 Å². The van der Waals surface area contributed by atoms with E-state index in [1.807, 2.05) is 0 Å². The van der Waals surface area contributed by atoms with Gasteiger partial charge in [-0.1, -0.05) is 0 Å². The minimum absolute atomic E-state index is 0.157. The van der Waals surface area contributed by atoms with Crippen molar-refractivity contribution in [2.75, 3.05) is 18.7 Å². The fourth-order valence-corrected chi connectivity index (χ4v) is 4.28. The lowest BCUT2D eigenvalue weighted by Gasteiger charge is -2.24. The fraction of sp³-hybridized carbons (Fsp3) is 0.625. The monoisotopic (exact) mass is 415 g/mol. The summed E-state index contributed by atoms with van der Waals surface area (Å²) in [6.45, 7) is 6.43. The third-order valence-corrected chi connectivity index (χ3v) is 5.40. The number of hydrogen-bond donors (Lipinski definition) is 2. The first kappa shape index (κ1) is 22.4. The van der Waals surface area contributed by atoms with Crippen molar-refractivity contribution in [3.05, 3.63) is 12.7 Å². The average Bonchev–Trinajstić information content (AvgIpc) is 3.02. The second-order valence-corrected chi connectivity index (χ2v) is 8.56. The van der Waals surface area contributed by atoms with Gasteiger partial charge in [-0.15, -0.1) is 0 Å². The summed E-state index contributed by atoms with van der Waals surface area (Å²) in [6.07, 6.45) is 0.322. The van der Waals surface area contributed by atoms with Crippen LogP contribution in [-0.4, -0.2) is 61.8 Å². The van der Waals surface area contributed by atoms with Crippen LogP contribution in [0.1, 0.15) is 38.9 Å². The second-order valence-electron chi connectivity index (χ2n) is 6.66. The maximum absolute atomic E-state index is 12.8. The summed E-state index contributed by atoms with van der Waals surface area (Å²) in [7, 11) is -3.55. The number of aliphatic hydroxyl groups excluding tert-OH is 1. The van der Waals surface area contributed by atoms with Gasteiger partial charge in [0.25, 0.3) is 0 Å². The Kier molecular flexibility index (Phi) is 7.62. The number of nitrogens with two attached hydrogens (primary N) is 1. The summed E-state index contributed by atoms with van der Waals surface area (Å²) in [4.78, 5) is 24.4. The number of anilines is 1. The number of imidazole rings is 1. The Morgan fingerprint density at radius 1 is 1.21 bits per heavy atom. The van der Waals surface area contributed by atoms with E-state index in [2.05, 4.69) is 15.0 Å². The van der Waals surface area contributed by atoms with Gasteiger partial charge in [0.2, 0.25) is 5.91 Å². The lowest BCUT2D eigenvalue weighted by Crippen LogP contribution is -2.26. The minimum Gasteiger partial charge on any atom is -0.394 e. The van der Waals surface area contributed by atoms with Gasteiger partial charge in [0.1, 0.15) is 19.0 Å². The van der Waals surface area contributed by atoms with Crippen molar-refractivity contribution < 1.29 is 28.3 Å². The molecule has 0 fully saturated rings. The highest BCUT2D eigenvalue weighted by molar-refractivity contribution is 7.53. The van der Waals surface area contributed by atoms with Crippen molar-refractivity contribution >= 4 is 30.5 Å². The van der Waals surface area contributed by atoms with Gasteiger partial charge in [-0.25, -0.2) is 15.0 Å². The number of nitrogen functional groups attached to an aromatic ring is 1. The number of carbonyl (C=O) groups excluding carboxylic acids is 1. The van der Waals surface area contributed by atoms with E-state index in [4.69, 9.17) is 19.5 Å². The number of nitrogens with zero attached hydrogens (tertiary/aromatic N) is 4. The topological polar surface area (TPSA) is 152 Å². The molecule has 1 atom stereocenters. The van der Waals surface area contributed by atoms with E-state index in [0.717, 1.165) is 0 Å². The Morgan fingerprint density at radius 2 is 1.86 bits per heavy atom. The second kappa shape index (κ2) is 9.53. The predicted molar refractivity (Wildman–Crippen MR) is 102 cm³/mol. The smallest absolute Gasteiger partial charge is 0.356 e. The molecule has 0 amide bonds. The van der Waals surface area contributed by atoms with Gasteiger partial charge >= 0.3 is 7.60 Å². The number of carbonyl (C=O) groups is 1. The zero-order valence-corrected chi connectivity index (χ0v) is 17.2. The van der Waals surface area contributed by atoms with Crippen LogP contribution in [0, 0.1) is 0 Å². The zero-order chi connectivity index (χ0) is 20.9. The fourth-order valence-electron chi connectivity index (χ4n) is 2.43. The van der Waals surface area contributed by atoms with E-state index in [1.54, 1.807) is 27.7 Å². The van der Waals surface area contributed by atoms with Crippen molar-refractivity contribution in [1.82, 2.24) is 19.5 Å². The molecule has 11 nitrogen and oxygen atoms in total. The summed E-state index contributed by atoms with van der Waals surface area (Å²) in [5.74, 6) is -0.270. The first-order valence-corrected chi connectivity index (χ1v) is 10.5. The number of aromatic nitrogens is 4. The Bertz CT molecular complexity index is 841. The molecule has 28 heavy (non-hydrogen) atoms. The molecule has 3 N–H and O–H groups in total. The first-order valence-electron chi connectivity index (χ1n) is 8.80. The maximum atomic E-state index is 12.8. The Balaban J connectivity index is 2.07. The molecule has 2 heterocycles. The SMILES string of the molecule is CC(C)OP(=O)(CO[C@@H](CO)CC(=O)n1cnc2c(N)ncnc21)OC(C)C. The Labute approximate surface area is 162 Å². The van der Waals surface area contributed by atoms with E-state index in [1.165, 1.54) is 17.2 Å². The molecule has 0 spiro atoms. The van der Waals surface area contributed by atoms with Crippen molar-refractivity contribution in [3.63, 3.8) is 0 Å². The van der Waals surface area contributed by atoms with Gasteiger partial charge < -0.3 is 24.6 Å². The molecule has 0 unspecified atom stereocenters. The molecule has 0 aliphatic heterocycles. The molecule has 2 aromatic heterocycles. The summed E-state index contributed by atoms with van der Waals surface area (Å²) >= 11 is 0. The highest BCUT2D eigenvalue weighted by atomic mass is 31.2. The summed E-state index contributed by atoms with van der Waals surface area (Å²) in [6, 6.07) is 0. The van der Waals surface area contributed by atoms with Crippen LogP contribution in [0.5, 0.6) is 0 Å². The number of rotatable bonds is 10. The first-order chi connectivity index (χ1) is 13.1. The third-order valence-electron chi connectivity index (χ3n) is 3.45. The molecule has 156 valence electrons. The van der Waals surface area contributed by atoms with Crippen LogP contribution >= 0.6 is 7.60 Å². The zero-order valence-electron chi connectivity index (χ0n) is 16.3. The van der Waals surface area contributed by atoms with Crippen molar-refractivity contribution in [2.45, 2.75) is 52.4 Å². The molecule has 0 aliphatic carbocycles. The molecular weight excluding hydrogens is 389 g/mol. The quantitative estimate of drug-likeness (QED) is 0.550. The molecule has 2 aromatic rings. The van der Waals surface area contributed by atoms with Gasteiger partial charge in [0, 0.05) is 0 Å². The van der Waals surface area contributed by atoms with Crippen molar-refractivity contribution in [1.29, 1.82) is 0 Å². The van der Waals surface area contributed by atoms with Crippen molar-refractivity contribution in [3.8, 4) is 0 Å². The number of hydrogen-bond acceptors (Lipinski definition) is 10. The lowest BCUT2D eigenvalue weighted by molar-refractivity contribution is 0.0143. The van der Waals surface area contributed by atoms with Crippen LogP contribution in [0.25, 0.3) is 11.2 Å². The summed E-state index contributed by atoms with van der Waals surface area (Å²) in [5, 5.41) is 9.57. The van der Waals surface area contributed by atoms with Crippen molar-refractivity contribution in [2.24, 2.45) is 0 Å². The van der Waals surface area contributed by atoms with E-state index in [-0.39, 0.29) is 36.4 Å². The van der Waals surface area contributed by atoms with E-state index in [9.17, 15) is 14.5 Å². The van der Waals surface area contributed by atoms with Crippen LogP contribution in [0.15, 0.2) is 12.7 Å². The lowest BCUT2D eigenvalue weighted by atomic mass is 10.2. The van der Waals surface area contributed by atoms with Gasteiger partial charge in [0.15, 0.2) is 17.0 Å². The molecule has 0 radical (unpaired) electrons. The molecule has 0 aromatic carbocycles. The van der Waals surface area contributed by atoms with Crippen LogP contribution in [0.4, 0.5) is 5.82 Å². The Morgan fingerprint density at radius 3 is 2.43 bits per heavy atom. The molecule has 12 heteroatoms. The van der Waals surface area contributed by atoms with E-state index < -0.39 is 26.2 Å². The molecule has 2 rings (SSSR count). The van der Waals surface area contributed by atoms with Crippen LogP contribution in [-0.2, 0) is 18.3 Å². The molecule has 0 bridgehead atoms. The highest BCUT2D eigenvalue weighted by Gasteiger charge is 2.30. The van der Waals surface area contributed by atoms with Gasteiger partial charge in [-0.05, 0) is 27.7 Å². The molecule has 0 saturated heterocycles. The highest BCUT2D eigenvalue weighted by Crippen LogP contribution is 2.50. The number of fused-ring (bicyclic) bond motifs is 1. The van der Waals surface area contributed by atoms with Gasteiger partial charge in [0.05, 0.1) is 31.3 Å². The van der Waals surface area contributed by atoms with Gasteiger partial charge in [-0.3, -0.25) is 13.9 Å². The summed E-state index contributed by atoms with van der Waals surface area (Å²) in [5.41, 5.74) is 6.27. The molecule has 0 aliphatic rings.